The van der Waals surface area contributed by atoms with Crippen LogP contribution in [0.15, 0.2) is 65.6 Å². The zero-order valence-corrected chi connectivity index (χ0v) is 17.7. The van der Waals surface area contributed by atoms with Gasteiger partial charge in [0.25, 0.3) is 15.9 Å². The number of carbonyl (C=O) groups is 1. The van der Waals surface area contributed by atoms with Gasteiger partial charge in [-0.15, -0.1) is 0 Å². The summed E-state index contributed by atoms with van der Waals surface area (Å²) in [6.45, 7) is 7.55. The van der Waals surface area contributed by atoms with Crippen LogP contribution in [0.2, 0.25) is 0 Å². The van der Waals surface area contributed by atoms with E-state index in [2.05, 4.69) is 10.0 Å². The molecule has 3 aromatic rings. The Labute approximate surface area is 171 Å². The molecule has 0 aliphatic carbocycles. The Morgan fingerprint density at radius 2 is 1.41 bits per heavy atom. The van der Waals surface area contributed by atoms with Gasteiger partial charge in [0, 0.05) is 11.3 Å². The van der Waals surface area contributed by atoms with E-state index in [1.165, 1.54) is 0 Å². The Morgan fingerprint density at radius 3 is 2.03 bits per heavy atom. The average molecular weight is 409 g/mol. The van der Waals surface area contributed by atoms with Crippen molar-refractivity contribution in [1.82, 2.24) is 0 Å². The second kappa shape index (κ2) is 8.09. The molecule has 0 fully saturated rings. The van der Waals surface area contributed by atoms with E-state index in [-0.39, 0.29) is 10.8 Å². The summed E-state index contributed by atoms with van der Waals surface area (Å²) in [7, 11) is -3.75. The lowest BCUT2D eigenvalue weighted by Crippen LogP contribution is -2.17. The predicted octanol–water partition coefficient (Wildman–Crippen LogP) is 4.97. The Bertz CT molecular complexity index is 1150. The molecule has 29 heavy (non-hydrogen) atoms. The largest absolute Gasteiger partial charge is 0.322 e. The topological polar surface area (TPSA) is 75.3 Å². The summed E-state index contributed by atoms with van der Waals surface area (Å²) < 4.78 is 28.0. The molecule has 0 aliphatic rings. The predicted molar refractivity (Wildman–Crippen MR) is 117 cm³/mol. The number of rotatable bonds is 5. The van der Waals surface area contributed by atoms with Crippen LogP contribution in [0.25, 0.3) is 0 Å². The van der Waals surface area contributed by atoms with E-state index in [0.717, 1.165) is 16.7 Å². The van der Waals surface area contributed by atoms with Crippen LogP contribution in [0, 0.1) is 27.7 Å². The van der Waals surface area contributed by atoms with Crippen molar-refractivity contribution in [3.05, 3.63) is 88.5 Å². The molecule has 3 rings (SSSR count). The highest BCUT2D eigenvalue weighted by atomic mass is 32.2. The number of carbonyl (C=O) groups excluding carboxylic acids is 1. The highest BCUT2D eigenvalue weighted by molar-refractivity contribution is 7.92. The molecule has 0 heterocycles. The Balaban J connectivity index is 1.87. The summed E-state index contributed by atoms with van der Waals surface area (Å²) in [4.78, 5) is 13.0. The third kappa shape index (κ3) is 4.84. The van der Waals surface area contributed by atoms with Crippen LogP contribution >= 0.6 is 0 Å². The van der Waals surface area contributed by atoms with Gasteiger partial charge in [0.1, 0.15) is 0 Å². The molecule has 0 saturated heterocycles. The zero-order chi connectivity index (χ0) is 21.2. The summed E-state index contributed by atoms with van der Waals surface area (Å²) >= 11 is 0. The van der Waals surface area contributed by atoms with Gasteiger partial charge in [-0.25, -0.2) is 8.42 Å². The molecule has 0 atom stereocenters. The van der Waals surface area contributed by atoms with Crippen molar-refractivity contribution in [1.29, 1.82) is 0 Å². The lowest BCUT2D eigenvalue weighted by atomic mass is 10.1. The van der Waals surface area contributed by atoms with E-state index in [1.54, 1.807) is 49.4 Å². The number of nitrogens with one attached hydrogen (secondary N) is 2. The molecule has 3 aromatic carbocycles. The second-order valence-electron chi connectivity index (χ2n) is 7.23. The van der Waals surface area contributed by atoms with Gasteiger partial charge in [0.2, 0.25) is 0 Å². The summed E-state index contributed by atoms with van der Waals surface area (Å²) in [5, 5.41) is 2.89. The average Bonchev–Trinajstić information content (AvgIpc) is 2.62. The van der Waals surface area contributed by atoms with Gasteiger partial charge in [0.15, 0.2) is 0 Å². The zero-order valence-electron chi connectivity index (χ0n) is 16.9. The van der Waals surface area contributed by atoms with Crippen LogP contribution in [0.1, 0.15) is 32.6 Å². The minimum Gasteiger partial charge on any atom is -0.322 e. The lowest BCUT2D eigenvalue weighted by molar-refractivity contribution is 0.102. The van der Waals surface area contributed by atoms with Crippen molar-refractivity contribution in [3.63, 3.8) is 0 Å². The first kappa shape index (κ1) is 20.6. The molecule has 0 saturated carbocycles. The quantitative estimate of drug-likeness (QED) is 0.626. The minimum atomic E-state index is -3.75. The van der Waals surface area contributed by atoms with Crippen molar-refractivity contribution in [2.45, 2.75) is 32.6 Å². The normalized spacial score (nSPS) is 11.2. The van der Waals surface area contributed by atoms with Gasteiger partial charge >= 0.3 is 0 Å². The number of benzene rings is 3. The van der Waals surface area contributed by atoms with Crippen LogP contribution in [-0.2, 0) is 10.0 Å². The number of aryl methyl sites for hydroxylation is 3. The van der Waals surface area contributed by atoms with Crippen LogP contribution in [-0.4, -0.2) is 14.3 Å². The van der Waals surface area contributed by atoms with Crippen molar-refractivity contribution in [2.75, 3.05) is 10.0 Å². The summed E-state index contributed by atoms with van der Waals surface area (Å²) in [6.07, 6.45) is 0. The van der Waals surface area contributed by atoms with E-state index in [0.29, 0.717) is 22.5 Å². The maximum atomic E-state index is 12.8. The lowest BCUT2D eigenvalue weighted by Gasteiger charge is -2.14. The van der Waals surface area contributed by atoms with Crippen molar-refractivity contribution < 1.29 is 13.2 Å². The molecule has 0 unspecified atom stereocenters. The SMILES string of the molecule is Cc1ccc(S(=O)(=O)Nc2cccc(C(=O)Nc3cc(C)cc(C)c3)c2C)cc1. The van der Waals surface area contributed by atoms with E-state index in [9.17, 15) is 13.2 Å². The number of sulfonamides is 1. The fourth-order valence-corrected chi connectivity index (χ4v) is 4.28. The molecule has 0 aromatic heterocycles. The third-order valence-electron chi connectivity index (χ3n) is 4.63. The Hall–Kier alpha value is -3.12. The molecule has 0 spiro atoms. The minimum absolute atomic E-state index is 0.174. The second-order valence-corrected chi connectivity index (χ2v) is 8.91. The summed E-state index contributed by atoms with van der Waals surface area (Å²) in [5.74, 6) is -0.288. The maximum Gasteiger partial charge on any atom is 0.261 e. The number of anilines is 2. The van der Waals surface area contributed by atoms with E-state index in [4.69, 9.17) is 0 Å². The summed E-state index contributed by atoms with van der Waals surface area (Å²) in [6, 6.07) is 17.4. The molecule has 1 amide bonds. The van der Waals surface area contributed by atoms with Crippen molar-refractivity contribution >= 4 is 27.3 Å². The molecule has 0 aliphatic heterocycles. The monoisotopic (exact) mass is 408 g/mol. The molecule has 150 valence electrons. The fraction of sp³-hybridized carbons (Fsp3) is 0.174. The standard InChI is InChI=1S/C23H24N2O3S/c1-15-8-10-20(11-9-15)29(27,28)25-22-7-5-6-21(18(22)4)23(26)24-19-13-16(2)12-17(3)14-19/h5-14,25H,1-4H3,(H,24,26). The maximum absolute atomic E-state index is 12.8. The van der Waals surface area contributed by atoms with Crippen LogP contribution < -0.4 is 10.0 Å². The van der Waals surface area contributed by atoms with Crippen LogP contribution in [0.5, 0.6) is 0 Å². The first-order valence-corrected chi connectivity index (χ1v) is 10.7. The first-order valence-electron chi connectivity index (χ1n) is 9.24. The van der Waals surface area contributed by atoms with Gasteiger partial charge in [-0.1, -0.05) is 29.8 Å². The van der Waals surface area contributed by atoms with Gasteiger partial charge in [-0.05, 0) is 80.8 Å². The molecular weight excluding hydrogens is 384 g/mol. The van der Waals surface area contributed by atoms with E-state index in [1.807, 2.05) is 39.0 Å². The van der Waals surface area contributed by atoms with Crippen LogP contribution in [0.4, 0.5) is 11.4 Å². The van der Waals surface area contributed by atoms with E-state index < -0.39 is 10.0 Å². The number of hydrogen-bond donors (Lipinski definition) is 2. The van der Waals surface area contributed by atoms with Crippen molar-refractivity contribution in [3.8, 4) is 0 Å². The molecule has 0 bridgehead atoms. The highest BCUT2D eigenvalue weighted by Gasteiger charge is 2.18. The van der Waals surface area contributed by atoms with Crippen LogP contribution in [0.3, 0.4) is 0 Å². The molecule has 5 nitrogen and oxygen atoms in total. The molecule has 2 N–H and O–H groups in total. The Kier molecular flexibility index (Phi) is 5.75. The smallest absolute Gasteiger partial charge is 0.261 e. The summed E-state index contributed by atoms with van der Waals surface area (Å²) in [5.41, 5.74) is 5.13. The molecular formula is C23H24N2O3S. The number of amides is 1. The molecule has 0 radical (unpaired) electrons. The van der Waals surface area contributed by atoms with Gasteiger partial charge < -0.3 is 5.32 Å². The first-order chi connectivity index (χ1) is 13.7. The van der Waals surface area contributed by atoms with Gasteiger partial charge in [0.05, 0.1) is 10.6 Å². The Morgan fingerprint density at radius 1 is 0.793 bits per heavy atom. The van der Waals surface area contributed by atoms with E-state index >= 15 is 0 Å². The van der Waals surface area contributed by atoms with Crippen molar-refractivity contribution in [2.24, 2.45) is 0 Å². The van der Waals surface area contributed by atoms with Gasteiger partial charge in [-0.2, -0.15) is 0 Å². The molecule has 6 heteroatoms. The fourth-order valence-electron chi connectivity index (χ4n) is 3.16. The highest BCUT2D eigenvalue weighted by Crippen LogP contribution is 2.24. The van der Waals surface area contributed by atoms with Gasteiger partial charge in [-0.3, -0.25) is 9.52 Å². The third-order valence-corrected chi connectivity index (χ3v) is 6.01. The number of hydrogen-bond acceptors (Lipinski definition) is 3.